The molecule has 0 bridgehead atoms. The fourth-order valence-corrected chi connectivity index (χ4v) is 2.16. The lowest BCUT2D eigenvalue weighted by molar-refractivity contribution is 0.0698. The van der Waals surface area contributed by atoms with Crippen LogP contribution in [0.5, 0.6) is 0 Å². The van der Waals surface area contributed by atoms with Gasteiger partial charge in [0.2, 0.25) is 0 Å². The number of anilines is 2. The molecule has 4 nitrogen and oxygen atoms in total. The highest BCUT2D eigenvalue weighted by Crippen LogP contribution is 2.25. The molecule has 0 heterocycles. The number of aromatic carboxylic acids is 1. The van der Waals surface area contributed by atoms with Crippen molar-refractivity contribution in [1.29, 1.82) is 0 Å². The van der Waals surface area contributed by atoms with Crippen molar-refractivity contribution in [2.24, 2.45) is 0 Å². The molecular formula is C17H19NO3. The maximum absolute atomic E-state index is 11.4. The number of ether oxygens (including phenoxy) is 1. The van der Waals surface area contributed by atoms with Crippen LogP contribution in [0.25, 0.3) is 0 Å². The molecule has 4 heteroatoms. The summed E-state index contributed by atoms with van der Waals surface area (Å²) in [6.07, 6.45) is 0.772. The molecule has 2 aromatic rings. The van der Waals surface area contributed by atoms with Gasteiger partial charge in [-0.3, -0.25) is 0 Å². The first-order valence-corrected chi connectivity index (χ1v) is 6.79. The lowest BCUT2D eigenvalue weighted by Gasteiger charge is -2.14. The zero-order valence-corrected chi connectivity index (χ0v) is 12.2. The molecule has 0 saturated carbocycles. The molecular weight excluding hydrogens is 266 g/mol. The molecule has 0 aliphatic carbocycles. The summed E-state index contributed by atoms with van der Waals surface area (Å²) in [4.78, 5) is 11.4. The first kappa shape index (κ1) is 15.1. The Morgan fingerprint density at radius 2 is 1.95 bits per heavy atom. The van der Waals surface area contributed by atoms with E-state index >= 15 is 0 Å². The summed E-state index contributed by atoms with van der Waals surface area (Å²) in [6.45, 7) is 2.50. The topological polar surface area (TPSA) is 58.6 Å². The van der Waals surface area contributed by atoms with E-state index in [2.05, 4.69) is 5.32 Å². The Balaban J connectivity index is 2.32. The first-order valence-electron chi connectivity index (χ1n) is 6.79. The monoisotopic (exact) mass is 285 g/mol. The Bertz CT molecular complexity index is 638. The highest BCUT2D eigenvalue weighted by Gasteiger charge is 2.11. The van der Waals surface area contributed by atoms with Crippen LogP contribution in [0.2, 0.25) is 0 Å². The van der Waals surface area contributed by atoms with Crippen LogP contribution in [0.1, 0.15) is 21.5 Å². The Labute approximate surface area is 124 Å². The Hall–Kier alpha value is -2.33. The van der Waals surface area contributed by atoms with Crippen LogP contribution in [-0.2, 0) is 11.2 Å². The molecule has 0 spiro atoms. The summed E-state index contributed by atoms with van der Waals surface area (Å²) in [5.74, 6) is -0.935. The average Bonchev–Trinajstić information content (AvgIpc) is 2.48. The minimum absolute atomic E-state index is 0.275. The SMILES string of the molecule is COCCc1ccccc1Nc1ccc(C)cc1C(=O)O. The predicted octanol–water partition coefficient (Wildman–Crippen LogP) is 3.63. The summed E-state index contributed by atoms with van der Waals surface area (Å²) < 4.78 is 5.11. The molecule has 2 aromatic carbocycles. The number of nitrogens with one attached hydrogen (secondary N) is 1. The van der Waals surface area contributed by atoms with Crippen LogP contribution in [0.15, 0.2) is 42.5 Å². The van der Waals surface area contributed by atoms with E-state index in [-0.39, 0.29) is 5.56 Å². The highest BCUT2D eigenvalue weighted by molar-refractivity contribution is 5.95. The second-order valence-corrected chi connectivity index (χ2v) is 4.88. The van der Waals surface area contributed by atoms with Gasteiger partial charge in [0, 0.05) is 12.8 Å². The molecule has 110 valence electrons. The van der Waals surface area contributed by atoms with Crippen molar-refractivity contribution >= 4 is 17.3 Å². The van der Waals surface area contributed by atoms with E-state index in [9.17, 15) is 9.90 Å². The van der Waals surface area contributed by atoms with E-state index in [1.807, 2.05) is 37.3 Å². The smallest absolute Gasteiger partial charge is 0.337 e. The van der Waals surface area contributed by atoms with Gasteiger partial charge in [0.05, 0.1) is 17.9 Å². The van der Waals surface area contributed by atoms with E-state index in [1.165, 1.54) is 0 Å². The molecule has 0 aliphatic heterocycles. The van der Waals surface area contributed by atoms with Crippen molar-refractivity contribution in [3.63, 3.8) is 0 Å². The third-order valence-corrected chi connectivity index (χ3v) is 3.27. The van der Waals surface area contributed by atoms with Crippen molar-refractivity contribution in [1.82, 2.24) is 0 Å². The number of hydrogen-bond donors (Lipinski definition) is 2. The summed E-state index contributed by atoms with van der Waals surface area (Å²) in [7, 11) is 1.67. The molecule has 0 fully saturated rings. The van der Waals surface area contributed by atoms with Crippen LogP contribution in [-0.4, -0.2) is 24.8 Å². The third-order valence-electron chi connectivity index (χ3n) is 3.27. The molecule has 0 radical (unpaired) electrons. The number of rotatable bonds is 6. The van der Waals surface area contributed by atoms with Gasteiger partial charge < -0.3 is 15.2 Å². The molecule has 0 aliphatic rings. The second kappa shape index (κ2) is 6.90. The van der Waals surface area contributed by atoms with Crippen molar-refractivity contribution in [2.45, 2.75) is 13.3 Å². The Morgan fingerprint density at radius 3 is 2.67 bits per heavy atom. The van der Waals surface area contributed by atoms with Crippen LogP contribution in [0.3, 0.4) is 0 Å². The van der Waals surface area contributed by atoms with Crippen LogP contribution in [0.4, 0.5) is 11.4 Å². The largest absolute Gasteiger partial charge is 0.478 e. The number of carboxylic acid groups (broad SMARTS) is 1. The van der Waals surface area contributed by atoms with Crippen LogP contribution >= 0.6 is 0 Å². The van der Waals surface area contributed by atoms with E-state index in [4.69, 9.17) is 4.74 Å². The average molecular weight is 285 g/mol. The second-order valence-electron chi connectivity index (χ2n) is 4.88. The van der Waals surface area contributed by atoms with Gasteiger partial charge >= 0.3 is 5.97 Å². The molecule has 0 amide bonds. The Morgan fingerprint density at radius 1 is 1.19 bits per heavy atom. The van der Waals surface area contributed by atoms with Crippen molar-refractivity contribution in [3.8, 4) is 0 Å². The molecule has 0 unspecified atom stereocenters. The summed E-state index contributed by atoms with van der Waals surface area (Å²) in [6, 6.07) is 13.2. The quantitative estimate of drug-likeness (QED) is 0.851. The predicted molar refractivity (Wildman–Crippen MR) is 83.4 cm³/mol. The summed E-state index contributed by atoms with van der Waals surface area (Å²) in [5.41, 5.74) is 3.79. The number of carbonyl (C=O) groups is 1. The Kier molecular flexibility index (Phi) is 4.95. The van der Waals surface area contributed by atoms with Crippen molar-refractivity contribution < 1.29 is 14.6 Å². The van der Waals surface area contributed by atoms with Gasteiger partial charge in [-0.2, -0.15) is 0 Å². The lowest BCUT2D eigenvalue weighted by Crippen LogP contribution is -2.05. The fraction of sp³-hybridized carbons (Fsp3) is 0.235. The lowest BCUT2D eigenvalue weighted by atomic mass is 10.1. The minimum atomic E-state index is -0.935. The van der Waals surface area contributed by atoms with Gasteiger partial charge in [-0.1, -0.05) is 29.8 Å². The molecule has 2 N–H and O–H groups in total. The summed E-state index contributed by atoms with van der Waals surface area (Å²) in [5, 5.41) is 12.5. The van der Waals surface area contributed by atoms with E-state index in [0.29, 0.717) is 12.3 Å². The normalized spacial score (nSPS) is 10.4. The maximum atomic E-state index is 11.4. The van der Waals surface area contributed by atoms with Crippen LogP contribution < -0.4 is 5.32 Å². The standard InChI is InChI=1S/C17H19NO3/c1-12-7-8-16(14(11-12)17(19)20)18-15-6-4-3-5-13(15)9-10-21-2/h3-8,11,18H,9-10H2,1-2H3,(H,19,20). The third kappa shape index (κ3) is 3.83. The summed E-state index contributed by atoms with van der Waals surface area (Å²) >= 11 is 0. The number of hydrogen-bond acceptors (Lipinski definition) is 3. The van der Waals surface area contributed by atoms with E-state index in [0.717, 1.165) is 23.2 Å². The number of para-hydroxylation sites is 1. The zero-order chi connectivity index (χ0) is 15.2. The van der Waals surface area contributed by atoms with Gasteiger partial charge in [0.1, 0.15) is 0 Å². The maximum Gasteiger partial charge on any atom is 0.337 e. The fourth-order valence-electron chi connectivity index (χ4n) is 2.16. The molecule has 21 heavy (non-hydrogen) atoms. The number of benzene rings is 2. The van der Waals surface area contributed by atoms with Crippen LogP contribution in [0, 0.1) is 6.92 Å². The molecule has 0 aromatic heterocycles. The van der Waals surface area contributed by atoms with E-state index in [1.54, 1.807) is 19.2 Å². The molecule has 0 saturated heterocycles. The highest BCUT2D eigenvalue weighted by atomic mass is 16.5. The number of carboxylic acids is 1. The van der Waals surface area contributed by atoms with E-state index < -0.39 is 5.97 Å². The van der Waals surface area contributed by atoms with Crippen molar-refractivity contribution in [3.05, 3.63) is 59.2 Å². The van der Waals surface area contributed by atoms with Gasteiger partial charge in [0.25, 0.3) is 0 Å². The van der Waals surface area contributed by atoms with Gasteiger partial charge in [-0.25, -0.2) is 4.79 Å². The van der Waals surface area contributed by atoms with Crippen molar-refractivity contribution in [2.75, 3.05) is 19.0 Å². The minimum Gasteiger partial charge on any atom is -0.478 e. The number of aryl methyl sites for hydroxylation is 1. The van der Waals surface area contributed by atoms with Gasteiger partial charge in [-0.05, 0) is 37.1 Å². The zero-order valence-electron chi connectivity index (χ0n) is 12.2. The first-order chi connectivity index (χ1) is 10.1. The molecule has 0 atom stereocenters. The van der Waals surface area contributed by atoms with Gasteiger partial charge in [-0.15, -0.1) is 0 Å². The number of methoxy groups -OCH3 is 1. The molecule has 2 rings (SSSR count). The van der Waals surface area contributed by atoms with Gasteiger partial charge in [0.15, 0.2) is 0 Å².